The van der Waals surface area contributed by atoms with Crippen LogP contribution in [-0.2, 0) is 16.4 Å². The average molecular weight is 305 g/mol. The molecular formula is C15H19N3O2S. The fraction of sp³-hybridized carbons (Fsp3) is 0.400. The summed E-state index contributed by atoms with van der Waals surface area (Å²) < 4.78 is 24.7. The topological polar surface area (TPSA) is 64.0 Å². The van der Waals surface area contributed by atoms with Gasteiger partial charge in [0.2, 0.25) is 0 Å². The smallest absolute Gasteiger partial charge is 0.150 e. The predicted molar refractivity (Wildman–Crippen MR) is 82.1 cm³/mol. The molecule has 1 N–H and O–H groups in total. The van der Waals surface area contributed by atoms with Gasteiger partial charge in [-0.1, -0.05) is 12.1 Å². The normalized spacial score (nSPS) is 18.7. The van der Waals surface area contributed by atoms with E-state index in [1.165, 1.54) is 5.56 Å². The Bertz CT molecular complexity index is 664. The molecule has 3 rings (SSSR count). The minimum absolute atomic E-state index is 0.307. The Morgan fingerprint density at radius 2 is 1.90 bits per heavy atom. The third kappa shape index (κ3) is 3.71. The van der Waals surface area contributed by atoms with Gasteiger partial charge in [-0.25, -0.2) is 13.4 Å². The van der Waals surface area contributed by atoms with Gasteiger partial charge < -0.3 is 9.88 Å². The van der Waals surface area contributed by atoms with Crippen LogP contribution in [0.4, 0.5) is 0 Å². The maximum absolute atomic E-state index is 11.4. The first-order valence-electron chi connectivity index (χ1n) is 7.13. The van der Waals surface area contributed by atoms with Crippen molar-refractivity contribution in [3.8, 4) is 5.69 Å². The van der Waals surface area contributed by atoms with Gasteiger partial charge in [0.1, 0.15) is 9.84 Å². The highest BCUT2D eigenvalue weighted by Crippen LogP contribution is 2.14. The number of rotatable bonds is 4. The third-order valence-corrected chi connectivity index (χ3v) is 5.60. The predicted octanol–water partition coefficient (Wildman–Crippen LogP) is 1.54. The van der Waals surface area contributed by atoms with Crippen LogP contribution in [0.5, 0.6) is 0 Å². The van der Waals surface area contributed by atoms with Crippen molar-refractivity contribution in [3.63, 3.8) is 0 Å². The van der Waals surface area contributed by atoms with Gasteiger partial charge in [0, 0.05) is 30.7 Å². The lowest BCUT2D eigenvalue weighted by molar-refractivity contribution is 0.463. The summed E-state index contributed by atoms with van der Waals surface area (Å²) in [7, 11) is -2.78. The number of nitrogens with one attached hydrogen (secondary N) is 1. The maximum atomic E-state index is 11.4. The monoisotopic (exact) mass is 305 g/mol. The molecule has 0 radical (unpaired) electrons. The molecule has 21 heavy (non-hydrogen) atoms. The van der Waals surface area contributed by atoms with Gasteiger partial charge in [0.25, 0.3) is 0 Å². The number of sulfone groups is 1. The molecule has 1 aliphatic heterocycles. The van der Waals surface area contributed by atoms with Gasteiger partial charge >= 0.3 is 0 Å². The van der Waals surface area contributed by atoms with Crippen molar-refractivity contribution >= 4 is 9.84 Å². The van der Waals surface area contributed by atoms with Crippen molar-refractivity contribution in [3.05, 3.63) is 48.5 Å². The Kier molecular flexibility index (Phi) is 4.07. The highest BCUT2D eigenvalue weighted by atomic mass is 32.2. The van der Waals surface area contributed by atoms with Crippen molar-refractivity contribution < 1.29 is 8.42 Å². The summed E-state index contributed by atoms with van der Waals surface area (Å²) in [6.07, 6.45) is 6.88. The quantitative estimate of drug-likeness (QED) is 0.930. The van der Waals surface area contributed by atoms with E-state index in [1.54, 1.807) is 12.5 Å². The molecule has 5 nitrogen and oxygen atoms in total. The van der Waals surface area contributed by atoms with Crippen molar-refractivity contribution in [1.29, 1.82) is 0 Å². The molecule has 2 heterocycles. The van der Waals surface area contributed by atoms with E-state index < -0.39 is 9.84 Å². The zero-order valence-corrected chi connectivity index (χ0v) is 12.6. The van der Waals surface area contributed by atoms with Crippen molar-refractivity contribution in [2.75, 3.05) is 11.5 Å². The second kappa shape index (κ2) is 5.99. The minimum atomic E-state index is -2.78. The van der Waals surface area contributed by atoms with Crippen LogP contribution in [0.25, 0.3) is 5.69 Å². The van der Waals surface area contributed by atoms with Crippen LogP contribution in [0.15, 0.2) is 43.0 Å². The lowest BCUT2D eigenvalue weighted by atomic mass is 10.1. The van der Waals surface area contributed by atoms with E-state index in [1.807, 2.05) is 10.8 Å². The first-order valence-corrected chi connectivity index (χ1v) is 8.96. The van der Waals surface area contributed by atoms with Crippen molar-refractivity contribution in [2.24, 2.45) is 0 Å². The van der Waals surface area contributed by atoms with E-state index in [-0.39, 0.29) is 0 Å². The lowest BCUT2D eigenvalue weighted by Crippen LogP contribution is -2.37. The molecule has 1 saturated heterocycles. The second-order valence-corrected chi connectivity index (χ2v) is 7.75. The molecule has 0 saturated carbocycles. The largest absolute Gasteiger partial charge is 0.310 e. The molecule has 2 aromatic rings. The number of benzene rings is 1. The van der Waals surface area contributed by atoms with Crippen LogP contribution < -0.4 is 5.32 Å². The molecule has 0 aliphatic carbocycles. The summed E-state index contributed by atoms with van der Waals surface area (Å²) in [5.74, 6) is 0.620. The van der Waals surface area contributed by atoms with Gasteiger partial charge in [0.15, 0.2) is 0 Å². The number of nitrogens with zero attached hydrogens (tertiary/aromatic N) is 2. The fourth-order valence-corrected chi connectivity index (χ4v) is 4.05. The number of hydrogen-bond donors (Lipinski definition) is 1. The Morgan fingerprint density at radius 3 is 2.52 bits per heavy atom. The molecule has 1 aromatic heterocycles. The molecule has 0 unspecified atom stereocenters. The molecule has 1 fully saturated rings. The minimum Gasteiger partial charge on any atom is -0.310 e. The Labute approximate surface area is 124 Å². The molecule has 0 amide bonds. The zero-order chi connectivity index (χ0) is 14.7. The second-order valence-electron chi connectivity index (χ2n) is 5.44. The summed E-state index contributed by atoms with van der Waals surface area (Å²) in [5, 5.41) is 3.45. The molecule has 0 spiro atoms. The van der Waals surface area contributed by atoms with Gasteiger partial charge in [-0.3, -0.25) is 0 Å². The maximum Gasteiger partial charge on any atom is 0.150 e. The first kappa shape index (κ1) is 14.3. The molecule has 0 bridgehead atoms. The molecule has 6 heteroatoms. The standard InChI is InChI=1S/C15H19N3O2S/c19-21(20)9-5-14(6-10-21)17-11-13-1-3-15(4-2-13)18-8-7-16-12-18/h1-4,7-8,12,14,17H,5-6,9-11H2. The van der Waals surface area contributed by atoms with E-state index in [0.29, 0.717) is 17.5 Å². The fourth-order valence-electron chi connectivity index (χ4n) is 2.55. The van der Waals surface area contributed by atoms with Crippen LogP contribution in [0.1, 0.15) is 18.4 Å². The Hall–Kier alpha value is -1.66. The highest BCUT2D eigenvalue weighted by Gasteiger charge is 2.22. The SMILES string of the molecule is O=S1(=O)CCC(NCc2ccc(-n3ccnc3)cc2)CC1. The summed E-state index contributed by atoms with van der Waals surface area (Å²) in [6.45, 7) is 0.773. The van der Waals surface area contributed by atoms with Crippen LogP contribution in [0, 0.1) is 0 Å². The lowest BCUT2D eigenvalue weighted by Gasteiger charge is -2.23. The first-order chi connectivity index (χ1) is 10.1. The third-order valence-electron chi connectivity index (χ3n) is 3.89. The van der Waals surface area contributed by atoms with Gasteiger partial charge in [0.05, 0.1) is 17.8 Å². The van der Waals surface area contributed by atoms with E-state index in [4.69, 9.17) is 0 Å². The van der Waals surface area contributed by atoms with E-state index >= 15 is 0 Å². The van der Waals surface area contributed by atoms with E-state index in [2.05, 4.69) is 34.6 Å². The van der Waals surface area contributed by atoms with Gasteiger partial charge in [-0.2, -0.15) is 0 Å². The van der Waals surface area contributed by atoms with Crippen LogP contribution in [-0.4, -0.2) is 35.5 Å². The average Bonchev–Trinajstić information content (AvgIpc) is 3.01. The number of aromatic nitrogens is 2. The molecule has 1 aromatic carbocycles. The van der Waals surface area contributed by atoms with E-state index in [0.717, 1.165) is 25.1 Å². The summed E-state index contributed by atoms with van der Waals surface area (Å²) in [4.78, 5) is 4.03. The van der Waals surface area contributed by atoms with Crippen LogP contribution in [0.2, 0.25) is 0 Å². The molecule has 1 aliphatic rings. The zero-order valence-electron chi connectivity index (χ0n) is 11.8. The van der Waals surface area contributed by atoms with Gasteiger partial charge in [-0.05, 0) is 30.5 Å². The van der Waals surface area contributed by atoms with E-state index in [9.17, 15) is 8.42 Å². The summed E-state index contributed by atoms with van der Waals surface area (Å²) in [6, 6.07) is 8.60. The Balaban J connectivity index is 1.54. The Morgan fingerprint density at radius 1 is 1.19 bits per heavy atom. The summed E-state index contributed by atoms with van der Waals surface area (Å²) >= 11 is 0. The number of imidazole rings is 1. The van der Waals surface area contributed by atoms with Crippen molar-refractivity contribution in [1.82, 2.24) is 14.9 Å². The molecule has 112 valence electrons. The number of hydrogen-bond acceptors (Lipinski definition) is 4. The van der Waals surface area contributed by atoms with Gasteiger partial charge in [-0.15, -0.1) is 0 Å². The molecule has 0 atom stereocenters. The highest BCUT2D eigenvalue weighted by molar-refractivity contribution is 7.91. The molecular weight excluding hydrogens is 286 g/mol. The summed E-state index contributed by atoms with van der Waals surface area (Å²) in [5.41, 5.74) is 2.28. The van der Waals surface area contributed by atoms with Crippen LogP contribution >= 0.6 is 0 Å². The van der Waals surface area contributed by atoms with Crippen LogP contribution in [0.3, 0.4) is 0 Å². The van der Waals surface area contributed by atoms with Crippen molar-refractivity contribution in [2.45, 2.75) is 25.4 Å².